The van der Waals surface area contributed by atoms with E-state index in [0.29, 0.717) is 18.9 Å². The molecule has 0 fully saturated rings. The number of carbonyl (C=O) groups is 1. The third-order valence-electron chi connectivity index (χ3n) is 2.40. The Morgan fingerprint density at radius 1 is 1.28 bits per heavy atom. The van der Waals surface area contributed by atoms with E-state index < -0.39 is 0 Å². The van der Waals surface area contributed by atoms with Crippen LogP contribution in [0.4, 0.5) is 0 Å². The summed E-state index contributed by atoms with van der Waals surface area (Å²) in [5, 5.41) is 2.76. The van der Waals surface area contributed by atoms with Crippen LogP contribution in [0.5, 0.6) is 11.5 Å². The molecule has 0 bridgehead atoms. The van der Waals surface area contributed by atoms with Crippen molar-refractivity contribution in [1.82, 2.24) is 5.32 Å². The molecule has 0 saturated heterocycles. The monoisotopic (exact) mass is 253 g/mol. The highest BCUT2D eigenvalue weighted by atomic mass is 16.5. The number of rotatable bonds is 7. The Balaban J connectivity index is 2.62. The largest absolute Gasteiger partial charge is 0.497 e. The minimum atomic E-state index is -0.151. The van der Waals surface area contributed by atoms with E-state index in [-0.39, 0.29) is 12.5 Å². The van der Waals surface area contributed by atoms with E-state index in [1.54, 1.807) is 14.2 Å². The molecule has 0 aliphatic heterocycles. The summed E-state index contributed by atoms with van der Waals surface area (Å²) in [6.45, 7) is 2.82. The molecule has 1 aromatic carbocycles. The second kappa shape index (κ2) is 7.55. The zero-order chi connectivity index (χ0) is 13.4. The van der Waals surface area contributed by atoms with Gasteiger partial charge in [-0.15, -0.1) is 0 Å². The summed E-state index contributed by atoms with van der Waals surface area (Å²) >= 11 is 0. The fourth-order valence-electron chi connectivity index (χ4n) is 1.46. The third kappa shape index (κ3) is 4.25. The summed E-state index contributed by atoms with van der Waals surface area (Å²) < 4.78 is 15.4. The smallest absolute Gasteiger partial charge is 0.246 e. The average molecular weight is 253 g/mol. The molecular weight excluding hydrogens is 234 g/mol. The summed E-state index contributed by atoms with van der Waals surface area (Å²) in [6, 6.07) is 5.45. The van der Waals surface area contributed by atoms with Gasteiger partial charge in [-0.05, 0) is 25.1 Å². The number of hydrogen-bond acceptors (Lipinski definition) is 4. The van der Waals surface area contributed by atoms with Crippen LogP contribution in [0.15, 0.2) is 18.2 Å². The predicted molar refractivity (Wildman–Crippen MR) is 67.9 cm³/mol. The van der Waals surface area contributed by atoms with Gasteiger partial charge in [0.2, 0.25) is 5.91 Å². The molecule has 0 spiro atoms. The number of ether oxygens (including phenoxy) is 3. The zero-order valence-corrected chi connectivity index (χ0v) is 11.0. The van der Waals surface area contributed by atoms with Gasteiger partial charge in [0.25, 0.3) is 0 Å². The number of hydrogen-bond donors (Lipinski definition) is 1. The second-order valence-corrected chi connectivity index (χ2v) is 3.59. The van der Waals surface area contributed by atoms with Gasteiger partial charge < -0.3 is 19.5 Å². The van der Waals surface area contributed by atoms with E-state index in [4.69, 9.17) is 14.2 Å². The molecule has 0 saturated carbocycles. The Morgan fingerprint density at radius 3 is 2.67 bits per heavy atom. The van der Waals surface area contributed by atoms with Gasteiger partial charge in [0.1, 0.15) is 18.1 Å². The van der Waals surface area contributed by atoms with Crippen molar-refractivity contribution in [3.63, 3.8) is 0 Å². The topological polar surface area (TPSA) is 56.8 Å². The molecule has 5 nitrogen and oxygen atoms in total. The van der Waals surface area contributed by atoms with Crippen molar-refractivity contribution in [3.05, 3.63) is 23.8 Å². The van der Waals surface area contributed by atoms with Crippen LogP contribution in [0.25, 0.3) is 0 Å². The van der Waals surface area contributed by atoms with Gasteiger partial charge in [-0.25, -0.2) is 0 Å². The zero-order valence-electron chi connectivity index (χ0n) is 11.0. The molecule has 0 radical (unpaired) electrons. The Morgan fingerprint density at radius 2 is 2.06 bits per heavy atom. The molecule has 100 valence electrons. The van der Waals surface area contributed by atoms with Crippen LogP contribution in [0.2, 0.25) is 0 Å². The first kappa shape index (κ1) is 14.3. The van der Waals surface area contributed by atoms with Gasteiger partial charge in [-0.3, -0.25) is 4.79 Å². The maximum absolute atomic E-state index is 11.4. The highest BCUT2D eigenvalue weighted by Gasteiger charge is 2.07. The lowest BCUT2D eigenvalue weighted by Crippen LogP contribution is -2.27. The maximum atomic E-state index is 11.4. The van der Waals surface area contributed by atoms with Gasteiger partial charge in [-0.2, -0.15) is 0 Å². The molecule has 0 aliphatic rings. The van der Waals surface area contributed by atoms with Crippen molar-refractivity contribution in [1.29, 1.82) is 0 Å². The molecule has 18 heavy (non-hydrogen) atoms. The molecule has 1 aromatic rings. The van der Waals surface area contributed by atoms with Gasteiger partial charge in [-0.1, -0.05) is 0 Å². The van der Waals surface area contributed by atoms with Gasteiger partial charge >= 0.3 is 0 Å². The van der Waals surface area contributed by atoms with Gasteiger partial charge in [0.05, 0.1) is 14.2 Å². The average Bonchev–Trinajstić information content (AvgIpc) is 2.42. The van der Waals surface area contributed by atoms with Crippen LogP contribution < -0.4 is 14.8 Å². The van der Waals surface area contributed by atoms with Crippen LogP contribution >= 0.6 is 0 Å². The van der Waals surface area contributed by atoms with E-state index >= 15 is 0 Å². The number of nitrogens with one attached hydrogen (secondary N) is 1. The number of carbonyl (C=O) groups excluding carboxylic acids is 1. The molecule has 1 rings (SSSR count). The van der Waals surface area contributed by atoms with Crippen LogP contribution in [0.3, 0.4) is 0 Å². The van der Waals surface area contributed by atoms with E-state index in [0.717, 1.165) is 11.3 Å². The minimum absolute atomic E-state index is 0.0722. The number of benzene rings is 1. The Bertz CT molecular complexity index is 393. The number of methoxy groups -OCH3 is 2. The molecule has 0 aromatic heterocycles. The maximum Gasteiger partial charge on any atom is 0.246 e. The summed E-state index contributed by atoms with van der Waals surface area (Å²) in [5.74, 6) is 1.29. The van der Waals surface area contributed by atoms with Crippen molar-refractivity contribution in [2.45, 2.75) is 13.5 Å². The van der Waals surface area contributed by atoms with Gasteiger partial charge in [0.15, 0.2) is 0 Å². The van der Waals surface area contributed by atoms with Crippen LogP contribution in [-0.4, -0.2) is 33.3 Å². The highest BCUT2D eigenvalue weighted by molar-refractivity contribution is 5.77. The summed E-state index contributed by atoms with van der Waals surface area (Å²) in [6.07, 6.45) is 0. The van der Waals surface area contributed by atoms with E-state index in [1.807, 2.05) is 25.1 Å². The first-order valence-electron chi connectivity index (χ1n) is 5.76. The molecule has 0 aliphatic carbocycles. The Hall–Kier alpha value is -1.75. The lowest BCUT2D eigenvalue weighted by Gasteiger charge is -2.11. The third-order valence-corrected chi connectivity index (χ3v) is 2.40. The SMILES string of the molecule is CCOCC(=O)NCc1cc(OC)ccc1OC. The standard InChI is InChI=1S/C13H19NO4/c1-4-18-9-13(15)14-8-10-7-11(16-2)5-6-12(10)17-3/h5-7H,4,8-9H2,1-3H3,(H,14,15). The lowest BCUT2D eigenvalue weighted by atomic mass is 10.2. The van der Waals surface area contributed by atoms with Crippen molar-refractivity contribution < 1.29 is 19.0 Å². The quantitative estimate of drug-likeness (QED) is 0.797. The van der Waals surface area contributed by atoms with Crippen LogP contribution in [-0.2, 0) is 16.1 Å². The minimum Gasteiger partial charge on any atom is -0.497 e. The van der Waals surface area contributed by atoms with Gasteiger partial charge in [0, 0.05) is 18.7 Å². The predicted octanol–water partition coefficient (Wildman–Crippen LogP) is 1.36. The van der Waals surface area contributed by atoms with E-state index in [9.17, 15) is 4.79 Å². The highest BCUT2D eigenvalue weighted by Crippen LogP contribution is 2.23. The molecule has 1 N–H and O–H groups in total. The first-order chi connectivity index (χ1) is 8.71. The number of amides is 1. The van der Waals surface area contributed by atoms with Crippen molar-refractivity contribution in [3.8, 4) is 11.5 Å². The van der Waals surface area contributed by atoms with E-state index in [2.05, 4.69) is 5.32 Å². The molecular formula is C13H19NO4. The van der Waals surface area contributed by atoms with Crippen molar-refractivity contribution >= 4 is 5.91 Å². The molecule has 0 atom stereocenters. The normalized spacial score (nSPS) is 9.94. The first-order valence-corrected chi connectivity index (χ1v) is 5.76. The Kier molecular flexibility index (Phi) is 6.00. The van der Waals surface area contributed by atoms with Crippen LogP contribution in [0.1, 0.15) is 12.5 Å². The van der Waals surface area contributed by atoms with E-state index in [1.165, 1.54) is 0 Å². The molecule has 0 unspecified atom stereocenters. The van der Waals surface area contributed by atoms with Crippen molar-refractivity contribution in [2.24, 2.45) is 0 Å². The second-order valence-electron chi connectivity index (χ2n) is 3.59. The fourth-order valence-corrected chi connectivity index (χ4v) is 1.46. The summed E-state index contributed by atoms with van der Waals surface area (Å²) in [4.78, 5) is 11.4. The van der Waals surface area contributed by atoms with Crippen molar-refractivity contribution in [2.75, 3.05) is 27.4 Å². The molecule has 0 heterocycles. The van der Waals surface area contributed by atoms with Crippen LogP contribution in [0, 0.1) is 0 Å². The molecule has 5 heteroatoms. The summed E-state index contributed by atoms with van der Waals surface area (Å²) in [5.41, 5.74) is 0.863. The lowest BCUT2D eigenvalue weighted by molar-refractivity contribution is -0.125. The molecule has 1 amide bonds. The fraction of sp³-hybridized carbons (Fsp3) is 0.462. The Labute approximate surface area is 107 Å². The summed E-state index contributed by atoms with van der Waals surface area (Å²) in [7, 11) is 3.19.